The van der Waals surface area contributed by atoms with Gasteiger partial charge in [0, 0.05) is 23.9 Å². The predicted molar refractivity (Wildman–Crippen MR) is 178 cm³/mol. The number of nitrogens with zero attached hydrogens (tertiary/aromatic N) is 5. The molecule has 15 heteroatoms. The van der Waals surface area contributed by atoms with Crippen molar-refractivity contribution in [1.82, 2.24) is 23.7 Å². The van der Waals surface area contributed by atoms with Crippen LogP contribution in [0.25, 0.3) is 16.9 Å². The van der Waals surface area contributed by atoms with Crippen LogP contribution in [0, 0.1) is 0 Å². The fourth-order valence-electron chi connectivity index (χ4n) is 4.03. The normalized spacial score (nSPS) is 15.1. The second-order valence-corrected chi connectivity index (χ2v) is 17.4. The van der Waals surface area contributed by atoms with E-state index in [2.05, 4.69) is 5.10 Å². The van der Waals surface area contributed by atoms with Crippen LogP contribution < -0.4 is 11.2 Å². The zero-order chi connectivity index (χ0) is 34.2. The maximum Gasteiger partial charge on any atom is 0.335 e. The average molecular weight is 682 g/mol. The van der Waals surface area contributed by atoms with Gasteiger partial charge >= 0.3 is 22.9 Å². The number of hydrogen-bond donors (Lipinski definition) is 0. The van der Waals surface area contributed by atoms with Crippen molar-refractivity contribution in [2.75, 3.05) is 0 Å². The molecule has 0 spiro atoms. The zero-order valence-electron chi connectivity index (χ0n) is 29.1. The van der Waals surface area contributed by atoms with E-state index in [1.54, 1.807) is 16.8 Å². The van der Waals surface area contributed by atoms with Gasteiger partial charge in [-0.3, -0.25) is 18.4 Å². The van der Waals surface area contributed by atoms with Crippen molar-refractivity contribution in [2.24, 2.45) is 0 Å². The smallest absolute Gasteiger partial charge is 0.306 e. The molecule has 0 atom stereocenters. The van der Waals surface area contributed by atoms with Crippen LogP contribution in [0.1, 0.15) is 108 Å². The minimum atomic E-state index is -1.93. The maximum atomic E-state index is 14.1. The molecule has 1 aliphatic carbocycles. The summed E-state index contributed by atoms with van der Waals surface area (Å²) in [5, 5.41) is 4.42. The summed E-state index contributed by atoms with van der Waals surface area (Å²) in [4.78, 5) is 32.7. The summed E-state index contributed by atoms with van der Waals surface area (Å²) >= 11 is 0. The van der Waals surface area contributed by atoms with Crippen molar-refractivity contribution >= 4 is 22.9 Å². The van der Waals surface area contributed by atoms with E-state index < -0.39 is 57.6 Å². The van der Waals surface area contributed by atoms with Gasteiger partial charge in [-0.1, -0.05) is 0 Å². The molecule has 13 nitrogen and oxygen atoms in total. The Bertz CT molecular complexity index is 1590. The van der Waals surface area contributed by atoms with Gasteiger partial charge in [-0.25, -0.2) is 18.9 Å². The summed E-state index contributed by atoms with van der Waals surface area (Å²) < 4.78 is 40.4. The summed E-state index contributed by atoms with van der Waals surface area (Å²) in [5.74, 6) is 0.323. The van der Waals surface area contributed by atoms with Crippen LogP contribution >= 0.6 is 17.2 Å². The number of hydrogen-bond acceptors (Lipinski definition) is 10. The Morgan fingerprint density at radius 2 is 1.28 bits per heavy atom. The Morgan fingerprint density at radius 1 is 0.783 bits per heavy atom. The molecule has 46 heavy (non-hydrogen) atoms. The Kier molecular flexibility index (Phi) is 11.0. The lowest BCUT2D eigenvalue weighted by atomic mass is 10.1. The highest BCUT2D eigenvalue weighted by atomic mass is 31.2. The van der Waals surface area contributed by atoms with Crippen molar-refractivity contribution in [3.63, 3.8) is 0 Å². The summed E-state index contributed by atoms with van der Waals surface area (Å²) in [6.45, 7) is 22.0. The van der Waals surface area contributed by atoms with Gasteiger partial charge < -0.3 is 18.1 Å². The summed E-state index contributed by atoms with van der Waals surface area (Å²) in [5.41, 5.74) is -1.36. The fourth-order valence-corrected chi connectivity index (χ4v) is 6.53. The SMILES string of the molecule is CC(C)(C)OP(OCn1cc(-c2cc(C3CC3)n3nccc3n2)c(=O)n(COP(OC(C)(C)C)OC(C)(C)C)c1=O)OC(C)(C)C. The molecular formula is C31H49N5O8P2. The summed E-state index contributed by atoms with van der Waals surface area (Å²) in [6.07, 6.45) is 5.20. The van der Waals surface area contributed by atoms with Gasteiger partial charge in [-0.2, -0.15) is 5.10 Å². The summed E-state index contributed by atoms with van der Waals surface area (Å²) in [7, 11) is -3.80. The van der Waals surface area contributed by atoms with Crippen molar-refractivity contribution in [3.8, 4) is 11.3 Å². The Hall–Kier alpha value is -2.08. The molecule has 3 aromatic rings. The van der Waals surface area contributed by atoms with E-state index in [9.17, 15) is 9.59 Å². The van der Waals surface area contributed by atoms with E-state index in [0.29, 0.717) is 17.3 Å². The first-order valence-electron chi connectivity index (χ1n) is 15.4. The number of aromatic nitrogens is 5. The van der Waals surface area contributed by atoms with Gasteiger partial charge in [0.15, 0.2) is 5.65 Å². The molecular weight excluding hydrogens is 632 g/mol. The van der Waals surface area contributed by atoms with E-state index in [-0.39, 0.29) is 12.3 Å². The first-order chi connectivity index (χ1) is 21.1. The van der Waals surface area contributed by atoms with E-state index in [0.717, 1.165) is 23.1 Å². The molecule has 3 heterocycles. The molecule has 1 fully saturated rings. The van der Waals surface area contributed by atoms with Gasteiger partial charge in [-0.05, 0) is 102 Å². The third kappa shape index (κ3) is 10.7. The van der Waals surface area contributed by atoms with Crippen LogP contribution in [0.3, 0.4) is 0 Å². The van der Waals surface area contributed by atoms with Gasteiger partial charge in [0.2, 0.25) is 0 Å². The van der Waals surface area contributed by atoms with Crippen LogP contribution in [0.5, 0.6) is 0 Å². The second kappa shape index (κ2) is 13.8. The highest BCUT2D eigenvalue weighted by Gasteiger charge is 2.31. The third-order valence-electron chi connectivity index (χ3n) is 5.88. The van der Waals surface area contributed by atoms with Crippen LogP contribution in [-0.2, 0) is 40.6 Å². The minimum absolute atomic E-state index is 0.202. The Balaban J connectivity index is 1.77. The fraction of sp³-hybridized carbons (Fsp3) is 0.677. The van der Waals surface area contributed by atoms with Gasteiger partial charge in [-0.15, -0.1) is 0 Å². The Labute approximate surface area is 273 Å². The van der Waals surface area contributed by atoms with Gasteiger partial charge in [0.05, 0.1) is 39.9 Å². The van der Waals surface area contributed by atoms with Crippen molar-refractivity contribution in [3.05, 3.63) is 51.1 Å². The van der Waals surface area contributed by atoms with Crippen molar-refractivity contribution in [2.45, 2.75) is 138 Å². The largest absolute Gasteiger partial charge is 0.335 e. The lowest BCUT2D eigenvalue weighted by Gasteiger charge is -2.30. The quantitative estimate of drug-likeness (QED) is 0.180. The van der Waals surface area contributed by atoms with Crippen molar-refractivity contribution < 1.29 is 27.1 Å². The third-order valence-corrected chi connectivity index (χ3v) is 9.32. The number of rotatable bonds is 12. The average Bonchev–Trinajstić information content (AvgIpc) is 3.60. The van der Waals surface area contributed by atoms with Crippen LogP contribution in [-0.4, -0.2) is 46.1 Å². The predicted octanol–water partition coefficient (Wildman–Crippen LogP) is 7.26. The molecule has 3 aromatic heterocycles. The highest BCUT2D eigenvalue weighted by Crippen LogP contribution is 2.48. The highest BCUT2D eigenvalue weighted by molar-refractivity contribution is 7.42. The topological polar surface area (TPSA) is 130 Å². The number of fused-ring (bicyclic) bond motifs is 1. The van der Waals surface area contributed by atoms with E-state index in [4.69, 9.17) is 32.1 Å². The van der Waals surface area contributed by atoms with Crippen LogP contribution in [0.15, 0.2) is 34.1 Å². The maximum absolute atomic E-state index is 14.1. The second-order valence-electron chi connectivity index (χ2n) is 15.2. The standard InChI is InChI=1S/C31H49N5O8P2/c1-28(2,3)41-45(42-29(4,5)6)39-19-34-18-22(23-17-24(21-13-14-21)36-25(33-23)15-16-32-36)26(37)35(27(34)38)20-40-46(43-30(7,8)9)44-31(10,11)12/h15-18,21H,13-14,19-20H2,1-12H3. The van der Waals surface area contributed by atoms with E-state index >= 15 is 0 Å². The van der Waals surface area contributed by atoms with E-state index in [1.165, 1.54) is 10.8 Å². The molecule has 0 N–H and O–H groups in total. The first kappa shape index (κ1) is 36.8. The molecule has 0 aliphatic heterocycles. The lowest BCUT2D eigenvalue weighted by Crippen LogP contribution is -2.41. The van der Waals surface area contributed by atoms with Gasteiger partial charge in [0.1, 0.15) is 13.5 Å². The molecule has 256 valence electrons. The molecule has 0 amide bonds. The monoisotopic (exact) mass is 681 g/mol. The molecule has 0 aromatic carbocycles. The van der Waals surface area contributed by atoms with Crippen molar-refractivity contribution in [1.29, 1.82) is 0 Å². The van der Waals surface area contributed by atoms with Gasteiger partial charge in [0.25, 0.3) is 5.56 Å². The minimum Gasteiger partial charge on any atom is -0.306 e. The van der Waals surface area contributed by atoms with Crippen LogP contribution in [0.2, 0.25) is 0 Å². The zero-order valence-corrected chi connectivity index (χ0v) is 30.9. The molecule has 0 unspecified atom stereocenters. The molecule has 4 rings (SSSR count). The summed E-state index contributed by atoms with van der Waals surface area (Å²) in [6, 6.07) is 3.66. The first-order valence-corrected chi connectivity index (χ1v) is 17.6. The van der Waals surface area contributed by atoms with E-state index in [1.807, 2.05) is 89.2 Å². The lowest BCUT2D eigenvalue weighted by molar-refractivity contribution is 0.0208. The van der Waals surface area contributed by atoms with Crippen LogP contribution in [0.4, 0.5) is 0 Å². The molecule has 1 aliphatic rings. The molecule has 0 radical (unpaired) electrons. The molecule has 0 saturated heterocycles. The molecule has 1 saturated carbocycles. The molecule has 0 bridgehead atoms. The Morgan fingerprint density at radius 3 is 1.76 bits per heavy atom.